The van der Waals surface area contributed by atoms with Gasteiger partial charge in [0, 0.05) is 12.1 Å². The number of primary amides is 1. The summed E-state index contributed by atoms with van der Waals surface area (Å²) in [5.41, 5.74) is 7.01. The normalized spacial score (nSPS) is 10.2. The van der Waals surface area contributed by atoms with Gasteiger partial charge in [0.15, 0.2) is 6.61 Å². The molecule has 6 heteroatoms. The lowest BCUT2D eigenvalue weighted by Crippen LogP contribution is -2.25. The zero-order chi connectivity index (χ0) is 17.5. The van der Waals surface area contributed by atoms with Gasteiger partial charge >= 0.3 is 0 Å². The summed E-state index contributed by atoms with van der Waals surface area (Å²) in [6, 6.07) is 11.4. The Labute approximate surface area is 139 Å². The molecule has 0 saturated heterocycles. The van der Waals surface area contributed by atoms with Crippen molar-refractivity contribution >= 4 is 11.8 Å². The number of benzene rings is 2. The summed E-state index contributed by atoms with van der Waals surface area (Å²) in [6.07, 6.45) is 0.621. The molecule has 126 valence electrons. The molecule has 0 radical (unpaired) electrons. The first-order valence-electron chi connectivity index (χ1n) is 7.49. The molecule has 2 aromatic carbocycles. The Morgan fingerprint density at radius 3 is 2.50 bits per heavy atom. The zero-order valence-corrected chi connectivity index (χ0v) is 13.3. The average molecular weight is 330 g/mol. The van der Waals surface area contributed by atoms with E-state index in [1.165, 1.54) is 12.1 Å². The van der Waals surface area contributed by atoms with Crippen molar-refractivity contribution in [3.05, 3.63) is 65.0 Å². The van der Waals surface area contributed by atoms with Crippen molar-refractivity contribution in [3.63, 3.8) is 0 Å². The molecule has 0 aliphatic heterocycles. The van der Waals surface area contributed by atoms with E-state index >= 15 is 0 Å². The highest BCUT2D eigenvalue weighted by Gasteiger charge is 2.07. The molecule has 3 N–H and O–H groups in total. The van der Waals surface area contributed by atoms with Crippen molar-refractivity contribution in [1.29, 1.82) is 0 Å². The van der Waals surface area contributed by atoms with Crippen LogP contribution in [0, 0.1) is 12.7 Å². The van der Waals surface area contributed by atoms with Crippen LogP contribution in [0.1, 0.15) is 21.5 Å². The largest absolute Gasteiger partial charge is 0.484 e. The Kier molecular flexibility index (Phi) is 5.89. The molecule has 0 aromatic heterocycles. The van der Waals surface area contributed by atoms with Crippen LogP contribution in [-0.4, -0.2) is 25.0 Å². The van der Waals surface area contributed by atoms with Gasteiger partial charge in [-0.15, -0.1) is 0 Å². The molecule has 0 fully saturated rings. The minimum Gasteiger partial charge on any atom is -0.484 e. The van der Waals surface area contributed by atoms with Gasteiger partial charge in [0.1, 0.15) is 11.6 Å². The SMILES string of the molecule is Cc1cc(F)cc(C(=O)NCCc2ccc(OCC(N)=O)cc2)c1. The van der Waals surface area contributed by atoms with Crippen LogP contribution in [0.4, 0.5) is 4.39 Å². The maximum absolute atomic E-state index is 13.3. The molecule has 0 aliphatic carbocycles. The maximum Gasteiger partial charge on any atom is 0.255 e. The summed E-state index contributed by atoms with van der Waals surface area (Å²) in [5, 5.41) is 2.76. The van der Waals surface area contributed by atoms with Gasteiger partial charge < -0.3 is 15.8 Å². The Morgan fingerprint density at radius 1 is 1.17 bits per heavy atom. The van der Waals surface area contributed by atoms with E-state index in [9.17, 15) is 14.0 Å². The molecule has 0 aliphatic rings. The van der Waals surface area contributed by atoms with Crippen molar-refractivity contribution in [2.45, 2.75) is 13.3 Å². The molecule has 0 bridgehead atoms. The van der Waals surface area contributed by atoms with E-state index in [1.807, 2.05) is 12.1 Å². The van der Waals surface area contributed by atoms with E-state index in [-0.39, 0.29) is 12.5 Å². The Balaban J connectivity index is 1.83. The topological polar surface area (TPSA) is 81.4 Å². The number of nitrogens with two attached hydrogens (primary N) is 1. The van der Waals surface area contributed by atoms with Crippen molar-refractivity contribution in [2.75, 3.05) is 13.2 Å². The Bertz CT molecular complexity index is 709. The molecule has 0 heterocycles. The Morgan fingerprint density at radius 2 is 1.88 bits per heavy atom. The van der Waals surface area contributed by atoms with Gasteiger partial charge in [-0.2, -0.15) is 0 Å². The predicted molar refractivity (Wildman–Crippen MR) is 88.3 cm³/mol. The van der Waals surface area contributed by atoms with E-state index in [4.69, 9.17) is 10.5 Å². The average Bonchev–Trinajstić information content (AvgIpc) is 2.53. The van der Waals surface area contributed by atoms with Crippen LogP contribution >= 0.6 is 0 Å². The molecule has 2 amide bonds. The van der Waals surface area contributed by atoms with Crippen LogP contribution in [0.5, 0.6) is 5.75 Å². The second-order valence-corrected chi connectivity index (χ2v) is 5.42. The molecule has 2 rings (SSSR count). The van der Waals surface area contributed by atoms with Gasteiger partial charge in [-0.3, -0.25) is 9.59 Å². The Hall–Kier alpha value is -2.89. The van der Waals surface area contributed by atoms with Crippen molar-refractivity contribution in [2.24, 2.45) is 5.73 Å². The fraction of sp³-hybridized carbons (Fsp3) is 0.222. The van der Waals surface area contributed by atoms with Crippen LogP contribution in [0.25, 0.3) is 0 Å². The number of carbonyl (C=O) groups excluding carboxylic acids is 2. The van der Waals surface area contributed by atoms with Crippen LogP contribution in [-0.2, 0) is 11.2 Å². The first-order valence-corrected chi connectivity index (χ1v) is 7.49. The van der Waals surface area contributed by atoms with Crippen molar-refractivity contribution < 1.29 is 18.7 Å². The monoisotopic (exact) mass is 330 g/mol. The molecular formula is C18H19FN2O3. The van der Waals surface area contributed by atoms with Crippen LogP contribution < -0.4 is 15.8 Å². The van der Waals surface area contributed by atoms with Gasteiger partial charge in [0.25, 0.3) is 11.8 Å². The standard InChI is InChI=1S/C18H19FN2O3/c1-12-8-14(10-15(19)9-12)18(23)21-7-6-13-2-4-16(5-3-13)24-11-17(20)22/h2-5,8-10H,6-7,11H2,1H3,(H2,20,22)(H,21,23). The molecule has 24 heavy (non-hydrogen) atoms. The molecule has 0 atom stereocenters. The van der Waals surface area contributed by atoms with Crippen LogP contribution in [0.2, 0.25) is 0 Å². The number of hydrogen-bond donors (Lipinski definition) is 2. The quantitative estimate of drug-likeness (QED) is 0.814. The summed E-state index contributed by atoms with van der Waals surface area (Å²) >= 11 is 0. The number of nitrogens with one attached hydrogen (secondary N) is 1. The fourth-order valence-electron chi connectivity index (χ4n) is 2.20. The lowest BCUT2D eigenvalue weighted by molar-refractivity contribution is -0.119. The third-order valence-corrected chi connectivity index (χ3v) is 3.31. The lowest BCUT2D eigenvalue weighted by atomic mass is 10.1. The number of amides is 2. The van der Waals surface area contributed by atoms with E-state index in [0.29, 0.717) is 29.8 Å². The fourth-order valence-corrected chi connectivity index (χ4v) is 2.20. The van der Waals surface area contributed by atoms with Gasteiger partial charge in [0.2, 0.25) is 0 Å². The minimum atomic E-state index is -0.533. The number of hydrogen-bond acceptors (Lipinski definition) is 3. The number of carbonyl (C=O) groups is 2. The summed E-state index contributed by atoms with van der Waals surface area (Å²) in [4.78, 5) is 22.6. The molecule has 5 nitrogen and oxygen atoms in total. The second-order valence-electron chi connectivity index (χ2n) is 5.42. The van der Waals surface area contributed by atoms with Crippen molar-refractivity contribution in [1.82, 2.24) is 5.32 Å². The highest BCUT2D eigenvalue weighted by Crippen LogP contribution is 2.12. The molecule has 0 spiro atoms. The van der Waals surface area contributed by atoms with Gasteiger partial charge in [-0.1, -0.05) is 12.1 Å². The third-order valence-electron chi connectivity index (χ3n) is 3.31. The van der Waals surface area contributed by atoms with Gasteiger partial charge in [0.05, 0.1) is 0 Å². The van der Waals surface area contributed by atoms with E-state index < -0.39 is 11.7 Å². The molecular weight excluding hydrogens is 311 g/mol. The maximum atomic E-state index is 13.3. The summed E-state index contributed by atoms with van der Waals surface area (Å²) in [5.74, 6) is -0.711. The summed E-state index contributed by atoms with van der Waals surface area (Å²) in [7, 11) is 0. The van der Waals surface area contributed by atoms with Crippen LogP contribution in [0.3, 0.4) is 0 Å². The number of halogens is 1. The van der Waals surface area contributed by atoms with E-state index in [1.54, 1.807) is 25.1 Å². The smallest absolute Gasteiger partial charge is 0.255 e. The zero-order valence-electron chi connectivity index (χ0n) is 13.3. The number of aryl methyl sites for hydroxylation is 1. The molecule has 0 unspecified atom stereocenters. The van der Waals surface area contributed by atoms with E-state index in [0.717, 1.165) is 5.56 Å². The highest BCUT2D eigenvalue weighted by molar-refractivity contribution is 5.94. The molecule has 2 aromatic rings. The van der Waals surface area contributed by atoms with Crippen LogP contribution in [0.15, 0.2) is 42.5 Å². The van der Waals surface area contributed by atoms with E-state index in [2.05, 4.69) is 5.32 Å². The van der Waals surface area contributed by atoms with Crippen molar-refractivity contribution in [3.8, 4) is 5.75 Å². The van der Waals surface area contributed by atoms with Gasteiger partial charge in [-0.05, 0) is 54.8 Å². The highest BCUT2D eigenvalue weighted by atomic mass is 19.1. The number of ether oxygens (including phenoxy) is 1. The second kappa shape index (κ2) is 8.10. The summed E-state index contributed by atoms with van der Waals surface area (Å²) < 4.78 is 18.5. The first-order chi connectivity index (χ1) is 11.4. The number of rotatable bonds is 7. The minimum absolute atomic E-state index is 0.164. The lowest BCUT2D eigenvalue weighted by Gasteiger charge is -2.08. The predicted octanol–water partition coefficient (Wildman–Crippen LogP) is 1.97. The first kappa shape index (κ1) is 17.5. The summed E-state index contributed by atoms with van der Waals surface area (Å²) in [6.45, 7) is 2.00. The molecule has 0 saturated carbocycles. The third kappa shape index (κ3) is 5.39. The van der Waals surface area contributed by atoms with Gasteiger partial charge in [-0.25, -0.2) is 4.39 Å².